The Bertz CT molecular complexity index is 1070. The van der Waals surface area contributed by atoms with Crippen LogP contribution in [0.4, 0.5) is 0 Å². The maximum atomic E-state index is 12.3. The molecule has 0 atom stereocenters. The normalized spacial score (nSPS) is 13.4. The second kappa shape index (κ2) is 7.23. The molecule has 0 amide bonds. The van der Waals surface area contributed by atoms with Gasteiger partial charge in [-0.3, -0.25) is 0 Å². The van der Waals surface area contributed by atoms with Gasteiger partial charge in [0.1, 0.15) is 0 Å². The van der Waals surface area contributed by atoms with Crippen molar-refractivity contribution in [3.05, 3.63) is 48.9 Å². The summed E-state index contributed by atoms with van der Waals surface area (Å²) in [4.78, 5) is 0. The van der Waals surface area contributed by atoms with E-state index in [-0.39, 0.29) is 0 Å². The average Bonchev–Trinajstić information content (AvgIpc) is 3.18. The van der Waals surface area contributed by atoms with Crippen molar-refractivity contribution in [1.82, 2.24) is 8.21 Å². The lowest BCUT2D eigenvalue weighted by molar-refractivity contribution is 0.595. The highest BCUT2D eigenvalue weighted by Crippen LogP contribution is 2.43. The number of fused-ring (bicyclic) bond motifs is 1. The molecule has 6 heteroatoms. The molecule has 3 aromatic rings. The molecular weight excluding hydrogens is 384 g/mol. The zero-order valence-corrected chi connectivity index (χ0v) is 19.8. The molecule has 0 aliphatic rings. The highest BCUT2D eigenvalue weighted by Gasteiger charge is 2.45. The molecule has 3 rings (SSSR count). The van der Waals surface area contributed by atoms with Crippen molar-refractivity contribution in [3.63, 3.8) is 0 Å². The van der Waals surface area contributed by atoms with E-state index in [4.69, 9.17) is 0 Å². The number of aromatic nitrogens is 2. The van der Waals surface area contributed by atoms with E-state index in [1.54, 1.807) is 6.20 Å². The summed E-state index contributed by atoms with van der Waals surface area (Å²) in [6.07, 6.45) is 7.49. The molecule has 0 unspecified atom stereocenters. The SMILES string of the molecule is CC(C)[Si](C(C)C)(C(C)C)n1ccc(-c2cn(S(C)(=O)=O)c3ccccc23)c1. The van der Waals surface area contributed by atoms with Gasteiger partial charge >= 0.3 is 0 Å². The molecular formula is C22H32N2O2SSi. The summed E-state index contributed by atoms with van der Waals surface area (Å²) in [5, 5.41) is 0.969. The van der Waals surface area contributed by atoms with E-state index in [2.05, 4.69) is 64.2 Å². The van der Waals surface area contributed by atoms with E-state index in [0.29, 0.717) is 16.6 Å². The van der Waals surface area contributed by atoms with Crippen LogP contribution < -0.4 is 0 Å². The number of para-hydroxylation sites is 1. The van der Waals surface area contributed by atoms with E-state index in [0.717, 1.165) is 22.0 Å². The second-order valence-electron chi connectivity index (χ2n) is 8.78. The van der Waals surface area contributed by atoms with Gasteiger partial charge in [-0.25, -0.2) is 12.4 Å². The van der Waals surface area contributed by atoms with E-state index < -0.39 is 18.3 Å². The zero-order valence-electron chi connectivity index (χ0n) is 18.0. The lowest BCUT2D eigenvalue weighted by Gasteiger charge is -2.44. The van der Waals surface area contributed by atoms with Gasteiger partial charge in [-0.15, -0.1) is 0 Å². The van der Waals surface area contributed by atoms with Gasteiger partial charge in [0.25, 0.3) is 0 Å². The van der Waals surface area contributed by atoms with Crippen LogP contribution in [0.3, 0.4) is 0 Å². The van der Waals surface area contributed by atoms with Crippen molar-refractivity contribution in [2.75, 3.05) is 6.26 Å². The van der Waals surface area contributed by atoms with Crippen LogP contribution in [-0.2, 0) is 10.0 Å². The summed E-state index contributed by atoms with van der Waals surface area (Å²) in [6, 6.07) is 9.86. The monoisotopic (exact) mass is 416 g/mol. The van der Waals surface area contributed by atoms with E-state index in [9.17, 15) is 8.42 Å². The minimum Gasteiger partial charge on any atom is -0.379 e. The molecule has 0 radical (unpaired) electrons. The first-order chi connectivity index (χ1) is 13.0. The lowest BCUT2D eigenvalue weighted by Crippen LogP contribution is -2.51. The minimum absolute atomic E-state index is 0.602. The van der Waals surface area contributed by atoms with E-state index in [1.807, 2.05) is 24.3 Å². The maximum Gasteiger partial charge on any atom is 0.236 e. The Morgan fingerprint density at radius 3 is 1.96 bits per heavy atom. The van der Waals surface area contributed by atoms with Crippen LogP contribution in [-0.4, -0.2) is 31.1 Å². The number of hydrogen-bond acceptors (Lipinski definition) is 2. The Morgan fingerprint density at radius 1 is 0.857 bits per heavy atom. The van der Waals surface area contributed by atoms with Crippen LogP contribution in [0.25, 0.3) is 22.0 Å². The molecule has 4 nitrogen and oxygen atoms in total. The quantitative estimate of drug-likeness (QED) is 0.467. The number of hydrogen-bond donors (Lipinski definition) is 0. The largest absolute Gasteiger partial charge is 0.379 e. The minimum atomic E-state index is -3.36. The van der Waals surface area contributed by atoms with Crippen molar-refractivity contribution >= 4 is 29.2 Å². The Morgan fingerprint density at radius 2 is 1.43 bits per heavy atom. The highest BCUT2D eigenvalue weighted by atomic mass is 32.2. The van der Waals surface area contributed by atoms with Crippen molar-refractivity contribution in [2.24, 2.45) is 0 Å². The van der Waals surface area contributed by atoms with Crippen molar-refractivity contribution in [2.45, 2.75) is 58.2 Å². The van der Waals surface area contributed by atoms with Gasteiger partial charge in [0.05, 0.1) is 11.8 Å². The fourth-order valence-corrected chi connectivity index (χ4v) is 12.6. The molecule has 0 spiro atoms. The lowest BCUT2D eigenvalue weighted by atomic mass is 10.1. The van der Waals surface area contributed by atoms with Gasteiger partial charge in [0.15, 0.2) is 8.24 Å². The average molecular weight is 417 g/mol. The molecule has 0 N–H and O–H groups in total. The fourth-order valence-electron chi connectivity index (χ4n) is 5.35. The van der Waals surface area contributed by atoms with Gasteiger partial charge in [0.2, 0.25) is 10.0 Å². The smallest absolute Gasteiger partial charge is 0.236 e. The molecule has 0 aliphatic heterocycles. The summed E-state index contributed by atoms with van der Waals surface area (Å²) in [7, 11) is -5.18. The van der Waals surface area contributed by atoms with Crippen molar-refractivity contribution < 1.29 is 8.42 Å². The summed E-state index contributed by atoms with van der Waals surface area (Å²) in [5.74, 6) is 0. The summed E-state index contributed by atoms with van der Waals surface area (Å²) in [6.45, 7) is 14.1. The highest BCUT2D eigenvalue weighted by molar-refractivity contribution is 7.89. The third-order valence-electron chi connectivity index (χ3n) is 6.26. The third-order valence-corrected chi connectivity index (χ3v) is 14.0. The Labute approximate surface area is 170 Å². The van der Waals surface area contributed by atoms with E-state index >= 15 is 0 Å². The standard InChI is InChI=1S/C22H32N2O2SSi/c1-16(2)28(17(3)4,18(5)6)23-13-12-19(14-23)21-15-24(27(7,25)26)22-11-9-8-10-20(21)22/h8-18H,1-7H3. The Kier molecular flexibility index (Phi) is 5.40. The van der Waals surface area contributed by atoms with Gasteiger partial charge < -0.3 is 4.23 Å². The van der Waals surface area contributed by atoms with Crippen LogP contribution >= 0.6 is 0 Å². The topological polar surface area (TPSA) is 44.0 Å². The van der Waals surface area contributed by atoms with Gasteiger partial charge in [-0.1, -0.05) is 59.7 Å². The number of nitrogens with zero attached hydrogens (tertiary/aromatic N) is 2. The van der Waals surface area contributed by atoms with Crippen LogP contribution in [0, 0.1) is 0 Å². The molecule has 28 heavy (non-hydrogen) atoms. The number of benzene rings is 1. The molecule has 0 bridgehead atoms. The van der Waals surface area contributed by atoms with Crippen LogP contribution in [0.2, 0.25) is 16.6 Å². The molecule has 0 saturated heterocycles. The Balaban J connectivity index is 2.23. The summed E-state index contributed by atoms with van der Waals surface area (Å²) in [5.41, 5.74) is 4.59. The predicted molar refractivity (Wildman–Crippen MR) is 122 cm³/mol. The van der Waals surface area contributed by atoms with Crippen molar-refractivity contribution in [1.29, 1.82) is 0 Å². The van der Waals surface area contributed by atoms with Gasteiger partial charge in [-0.05, 0) is 35.0 Å². The van der Waals surface area contributed by atoms with Crippen LogP contribution in [0.15, 0.2) is 48.9 Å². The maximum absolute atomic E-state index is 12.3. The molecule has 0 fully saturated rings. The van der Waals surface area contributed by atoms with Crippen molar-refractivity contribution in [3.8, 4) is 11.1 Å². The molecule has 1 aromatic carbocycles. The number of rotatable bonds is 6. The predicted octanol–water partition coefficient (Wildman–Crippen LogP) is 5.94. The fraction of sp³-hybridized carbons (Fsp3) is 0.455. The molecule has 2 heterocycles. The van der Waals surface area contributed by atoms with Crippen LogP contribution in [0.5, 0.6) is 0 Å². The zero-order chi connectivity index (χ0) is 20.9. The Hall–Kier alpha value is -1.79. The first-order valence-electron chi connectivity index (χ1n) is 10.0. The van der Waals surface area contributed by atoms with Gasteiger partial charge in [0, 0.05) is 28.9 Å². The second-order valence-corrected chi connectivity index (χ2v) is 16.4. The molecule has 152 valence electrons. The molecule has 0 saturated carbocycles. The molecule has 0 aliphatic carbocycles. The molecule has 2 aromatic heterocycles. The first-order valence-corrected chi connectivity index (χ1v) is 14.0. The first kappa shape index (κ1) is 20.9. The van der Waals surface area contributed by atoms with Crippen LogP contribution in [0.1, 0.15) is 41.5 Å². The summed E-state index contributed by atoms with van der Waals surface area (Å²) < 4.78 is 28.5. The summed E-state index contributed by atoms with van der Waals surface area (Å²) >= 11 is 0. The third kappa shape index (κ3) is 3.16. The van der Waals surface area contributed by atoms with E-state index in [1.165, 1.54) is 10.2 Å². The van der Waals surface area contributed by atoms with Gasteiger partial charge in [-0.2, -0.15) is 0 Å².